The Balaban J connectivity index is 3.35. The minimum absolute atomic E-state index is 0.199. The van der Waals surface area contributed by atoms with E-state index in [-0.39, 0.29) is 10.6 Å². The smallest absolute Gasteiger partial charge is 0.293 e. The van der Waals surface area contributed by atoms with Gasteiger partial charge in [0, 0.05) is 6.07 Å². The Hall–Kier alpha value is -2.73. The van der Waals surface area contributed by atoms with E-state index in [1.807, 2.05) is 5.43 Å². The molecule has 0 amide bonds. The van der Waals surface area contributed by atoms with E-state index in [1.165, 1.54) is 0 Å². The molecule has 1 rings (SSSR count). The lowest BCUT2D eigenvalue weighted by Gasteiger charge is -2.16. The van der Waals surface area contributed by atoms with Gasteiger partial charge in [-0.1, -0.05) is 0 Å². The van der Waals surface area contributed by atoms with Crippen LogP contribution in [0.2, 0.25) is 0 Å². The lowest BCUT2D eigenvalue weighted by Crippen LogP contribution is -2.32. The molecular formula is C10H10N6O4S. The molecule has 0 aromatic heterocycles. The number of nitro benzene ring substituents is 1. The van der Waals surface area contributed by atoms with Crippen molar-refractivity contribution in [1.29, 1.82) is 10.5 Å². The second-order valence-electron chi connectivity index (χ2n) is 3.67. The van der Waals surface area contributed by atoms with E-state index >= 15 is 0 Å². The molecule has 0 saturated heterocycles. The van der Waals surface area contributed by atoms with E-state index in [0.717, 1.165) is 18.2 Å². The zero-order valence-corrected chi connectivity index (χ0v) is 11.4. The van der Waals surface area contributed by atoms with Crippen LogP contribution in [0, 0.1) is 32.8 Å². The molecule has 0 spiro atoms. The molecule has 0 aliphatic carbocycles. The molecule has 0 bridgehead atoms. The Morgan fingerprint density at radius 1 is 1.33 bits per heavy atom. The van der Waals surface area contributed by atoms with Crippen molar-refractivity contribution in [1.82, 2.24) is 4.31 Å². The van der Waals surface area contributed by atoms with E-state index in [0.29, 0.717) is 4.31 Å². The van der Waals surface area contributed by atoms with Crippen LogP contribution in [-0.4, -0.2) is 30.7 Å². The standard InChI is InChI=1S/C10H10N6O4S/c11-3-5-15(6-4-12)21(19,20)8-1-2-10(16(17)18)9(7-8)14-13/h1-2,7,14H,5-6,13H2. The zero-order chi connectivity index (χ0) is 16.0. The summed E-state index contributed by atoms with van der Waals surface area (Å²) in [5.41, 5.74) is 1.44. The normalized spacial score (nSPS) is 10.7. The molecule has 0 atom stereocenters. The number of anilines is 1. The van der Waals surface area contributed by atoms with Crippen LogP contribution in [0.15, 0.2) is 23.1 Å². The predicted octanol–water partition coefficient (Wildman–Crippen LogP) is -0.0817. The number of nitrogens with one attached hydrogen (secondary N) is 1. The third kappa shape index (κ3) is 3.43. The highest BCUT2D eigenvalue weighted by Crippen LogP contribution is 2.27. The quantitative estimate of drug-likeness (QED) is 0.318. The van der Waals surface area contributed by atoms with Crippen LogP contribution in [0.3, 0.4) is 0 Å². The number of hydrazine groups is 1. The average Bonchev–Trinajstić information content (AvgIpc) is 2.46. The largest absolute Gasteiger partial charge is 0.318 e. The molecule has 0 heterocycles. The Morgan fingerprint density at radius 2 is 1.90 bits per heavy atom. The number of nitrogens with two attached hydrogens (primary N) is 1. The number of nitriles is 2. The van der Waals surface area contributed by atoms with Crippen LogP contribution in [0.25, 0.3) is 0 Å². The van der Waals surface area contributed by atoms with E-state index in [2.05, 4.69) is 0 Å². The lowest BCUT2D eigenvalue weighted by molar-refractivity contribution is -0.384. The molecule has 110 valence electrons. The maximum atomic E-state index is 12.2. The first-order valence-electron chi connectivity index (χ1n) is 5.37. The number of hydrogen-bond acceptors (Lipinski definition) is 8. The second-order valence-corrected chi connectivity index (χ2v) is 5.61. The van der Waals surface area contributed by atoms with Gasteiger partial charge in [0.25, 0.3) is 5.69 Å². The van der Waals surface area contributed by atoms with Gasteiger partial charge in [-0.25, -0.2) is 8.42 Å². The fraction of sp³-hybridized carbons (Fsp3) is 0.200. The number of rotatable bonds is 6. The van der Waals surface area contributed by atoms with Gasteiger partial charge in [-0.15, -0.1) is 0 Å². The molecule has 0 aliphatic rings. The first kappa shape index (κ1) is 16.3. The number of hydrogen-bond donors (Lipinski definition) is 2. The monoisotopic (exact) mass is 310 g/mol. The Kier molecular flexibility index (Phi) is 5.15. The number of benzene rings is 1. The SMILES string of the molecule is N#CCN(CC#N)S(=O)(=O)c1ccc([N+](=O)[O-])c(NN)c1. The highest BCUT2D eigenvalue weighted by molar-refractivity contribution is 7.89. The first-order chi connectivity index (χ1) is 9.88. The summed E-state index contributed by atoms with van der Waals surface area (Å²) >= 11 is 0. The average molecular weight is 310 g/mol. The van der Waals surface area contributed by atoms with Crippen molar-refractivity contribution in [3.8, 4) is 12.1 Å². The Morgan fingerprint density at radius 3 is 2.33 bits per heavy atom. The third-order valence-electron chi connectivity index (χ3n) is 2.45. The summed E-state index contributed by atoms with van der Waals surface area (Å²) in [6, 6.07) is 6.22. The predicted molar refractivity (Wildman–Crippen MR) is 70.9 cm³/mol. The molecular weight excluding hydrogens is 300 g/mol. The van der Waals surface area contributed by atoms with E-state index < -0.39 is 33.7 Å². The molecule has 0 radical (unpaired) electrons. The van der Waals surface area contributed by atoms with Crippen molar-refractivity contribution in [2.75, 3.05) is 18.5 Å². The van der Waals surface area contributed by atoms with Gasteiger partial charge in [-0.2, -0.15) is 14.8 Å². The van der Waals surface area contributed by atoms with E-state index in [1.54, 1.807) is 12.1 Å². The number of nitrogens with zero attached hydrogens (tertiary/aromatic N) is 4. The van der Waals surface area contributed by atoms with Gasteiger partial charge in [0.05, 0.1) is 22.0 Å². The van der Waals surface area contributed by atoms with Crippen molar-refractivity contribution in [3.63, 3.8) is 0 Å². The molecule has 10 nitrogen and oxygen atoms in total. The van der Waals surface area contributed by atoms with Crippen molar-refractivity contribution < 1.29 is 13.3 Å². The summed E-state index contributed by atoms with van der Waals surface area (Å²) in [5.74, 6) is 5.13. The fourth-order valence-electron chi connectivity index (χ4n) is 1.48. The van der Waals surface area contributed by atoms with Crippen molar-refractivity contribution in [3.05, 3.63) is 28.3 Å². The van der Waals surface area contributed by atoms with Crippen molar-refractivity contribution in [2.24, 2.45) is 5.84 Å². The van der Waals surface area contributed by atoms with Crippen molar-refractivity contribution in [2.45, 2.75) is 4.90 Å². The summed E-state index contributed by atoms with van der Waals surface area (Å²) in [5, 5.41) is 28.0. The van der Waals surface area contributed by atoms with Gasteiger partial charge in [-0.3, -0.25) is 16.0 Å². The van der Waals surface area contributed by atoms with E-state index in [4.69, 9.17) is 16.4 Å². The topological polar surface area (TPSA) is 166 Å². The molecule has 3 N–H and O–H groups in total. The molecule has 1 aromatic carbocycles. The van der Waals surface area contributed by atoms with Crippen molar-refractivity contribution >= 4 is 21.4 Å². The zero-order valence-electron chi connectivity index (χ0n) is 10.6. The van der Waals surface area contributed by atoms with Gasteiger partial charge in [0.15, 0.2) is 0 Å². The van der Waals surface area contributed by atoms with Gasteiger partial charge >= 0.3 is 0 Å². The minimum atomic E-state index is -4.13. The Labute approximate surface area is 120 Å². The summed E-state index contributed by atoms with van der Waals surface area (Å²) in [7, 11) is -4.13. The third-order valence-corrected chi connectivity index (χ3v) is 4.24. The second kappa shape index (κ2) is 6.62. The molecule has 11 heteroatoms. The van der Waals surface area contributed by atoms with Gasteiger partial charge < -0.3 is 5.43 Å². The summed E-state index contributed by atoms with van der Waals surface area (Å²) in [6.45, 7) is -1.03. The summed E-state index contributed by atoms with van der Waals surface area (Å²) < 4.78 is 25.1. The maximum Gasteiger partial charge on any atom is 0.293 e. The van der Waals surface area contributed by atoms with Gasteiger partial charge in [0.2, 0.25) is 10.0 Å². The van der Waals surface area contributed by atoms with Crippen LogP contribution in [0.1, 0.15) is 0 Å². The lowest BCUT2D eigenvalue weighted by atomic mass is 10.3. The van der Waals surface area contributed by atoms with Crippen LogP contribution < -0.4 is 11.3 Å². The van der Waals surface area contributed by atoms with Gasteiger partial charge in [0.1, 0.15) is 18.8 Å². The molecule has 21 heavy (non-hydrogen) atoms. The van der Waals surface area contributed by atoms with Gasteiger partial charge in [-0.05, 0) is 12.1 Å². The molecule has 0 unspecified atom stereocenters. The number of sulfonamides is 1. The molecule has 0 fully saturated rings. The summed E-state index contributed by atoms with van der Waals surface area (Å²) in [4.78, 5) is 9.70. The number of nitro groups is 1. The van der Waals surface area contributed by atoms with Crippen LogP contribution >= 0.6 is 0 Å². The van der Waals surface area contributed by atoms with E-state index in [9.17, 15) is 18.5 Å². The van der Waals surface area contributed by atoms with Crippen LogP contribution in [-0.2, 0) is 10.0 Å². The highest BCUT2D eigenvalue weighted by atomic mass is 32.2. The highest BCUT2D eigenvalue weighted by Gasteiger charge is 2.26. The molecule has 0 aliphatic heterocycles. The summed E-state index contributed by atoms with van der Waals surface area (Å²) in [6.07, 6.45) is 0. The first-order valence-corrected chi connectivity index (χ1v) is 6.81. The fourth-order valence-corrected chi connectivity index (χ4v) is 2.74. The van der Waals surface area contributed by atoms with Crippen LogP contribution in [0.5, 0.6) is 0 Å². The Bertz CT molecular complexity index is 717. The molecule has 1 aromatic rings. The van der Waals surface area contributed by atoms with Crippen LogP contribution in [0.4, 0.5) is 11.4 Å². The number of nitrogen functional groups attached to an aromatic ring is 1. The molecule has 0 saturated carbocycles. The minimum Gasteiger partial charge on any atom is -0.318 e. The maximum absolute atomic E-state index is 12.2.